The lowest BCUT2D eigenvalue weighted by Gasteiger charge is -2.12. The van der Waals surface area contributed by atoms with Crippen molar-refractivity contribution in [3.05, 3.63) is 53.9 Å². The van der Waals surface area contributed by atoms with Crippen LogP contribution in [0.25, 0.3) is 0 Å². The van der Waals surface area contributed by atoms with Gasteiger partial charge in [0.05, 0.1) is 0 Å². The van der Waals surface area contributed by atoms with Crippen LogP contribution >= 0.6 is 0 Å². The third-order valence-corrected chi connectivity index (χ3v) is 2.53. The van der Waals surface area contributed by atoms with Gasteiger partial charge in [-0.15, -0.1) is 0 Å². The maximum atomic E-state index is 12.8. The zero-order valence-corrected chi connectivity index (χ0v) is 8.57. The van der Waals surface area contributed by atoms with Crippen LogP contribution in [0.4, 0.5) is 4.39 Å². The maximum Gasteiger partial charge on any atom is 0.123 e. The number of aromatic nitrogens is 2. The Morgan fingerprint density at radius 1 is 1.33 bits per heavy atom. The van der Waals surface area contributed by atoms with Gasteiger partial charge in [0.1, 0.15) is 11.6 Å². The molecule has 2 aromatic rings. The number of benzene rings is 1. The molecule has 15 heavy (non-hydrogen) atoms. The van der Waals surface area contributed by atoms with Crippen LogP contribution in [0.3, 0.4) is 0 Å². The van der Waals surface area contributed by atoms with Crippen molar-refractivity contribution in [3.63, 3.8) is 0 Å². The van der Waals surface area contributed by atoms with Gasteiger partial charge in [0.15, 0.2) is 0 Å². The average molecular weight is 204 g/mol. The van der Waals surface area contributed by atoms with E-state index in [1.807, 2.05) is 18.3 Å². The van der Waals surface area contributed by atoms with Crippen LogP contribution in [0, 0.1) is 5.82 Å². The fourth-order valence-corrected chi connectivity index (χ4v) is 1.75. The molecule has 1 aromatic heterocycles. The lowest BCUT2D eigenvalue weighted by molar-refractivity contribution is 0.625. The molecular formula is C12H13FN2. The first-order valence-electron chi connectivity index (χ1n) is 5.06. The SMILES string of the molecule is CCC(c1ccc(F)cc1)c1ncc[nH]1. The van der Waals surface area contributed by atoms with Crippen molar-refractivity contribution in [2.75, 3.05) is 0 Å². The fourth-order valence-electron chi connectivity index (χ4n) is 1.75. The first-order chi connectivity index (χ1) is 7.31. The first kappa shape index (κ1) is 9.90. The Hall–Kier alpha value is -1.64. The molecule has 1 heterocycles. The molecule has 1 unspecified atom stereocenters. The molecule has 0 aliphatic rings. The molecule has 0 bridgehead atoms. The third-order valence-electron chi connectivity index (χ3n) is 2.53. The van der Waals surface area contributed by atoms with E-state index in [2.05, 4.69) is 16.9 Å². The van der Waals surface area contributed by atoms with E-state index in [4.69, 9.17) is 0 Å². The van der Waals surface area contributed by atoms with Crippen LogP contribution in [0.1, 0.15) is 30.7 Å². The zero-order valence-electron chi connectivity index (χ0n) is 8.57. The highest BCUT2D eigenvalue weighted by Crippen LogP contribution is 2.24. The molecule has 0 amide bonds. The predicted octanol–water partition coefficient (Wildman–Crippen LogP) is 3.09. The number of halogens is 1. The average Bonchev–Trinajstić information content (AvgIpc) is 2.75. The second kappa shape index (κ2) is 4.26. The van der Waals surface area contributed by atoms with Crippen molar-refractivity contribution in [1.29, 1.82) is 0 Å². The highest BCUT2D eigenvalue weighted by molar-refractivity contribution is 5.25. The minimum Gasteiger partial charge on any atom is -0.348 e. The molecular weight excluding hydrogens is 191 g/mol. The summed E-state index contributed by atoms with van der Waals surface area (Å²) in [6, 6.07) is 6.60. The number of H-pyrrole nitrogens is 1. The lowest BCUT2D eigenvalue weighted by Crippen LogP contribution is -2.01. The molecule has 3 heteroatoms. The molecule has 1 N–H and O–H groups in total. The number of hydrogen-bond acceptors (Lipinski definition) is 1. The summed E-state index contributed by atoms with van der Waals surface area (Å²) >= 11 is 0. The largest absolute Gasteiger partial charge is 0.348 e. The molecule has 0 aliphatic heterocycles. The number of imidazole rings is 1. The Labute approximate surface area is 88.2 Å². The Bertz CT molecular complexity index is 406. The molecule has 2 nitrogen and oxygen atoms in total. The van der Waals surface area contributed by atoms with E-state index >= 15 is 0 Å². The zero-order chi connectivity index (χ0) is 10.7. The van der Waals surface area contributed by atoms with E-state index in [1.54, 1.807) is 6.20 Å². The maximum absolute atomic E-state index is 12.8. The van der Waals surface area contributed by atoms with Crippen LogP contribution < -0.4 is 0 Å². The normalized spacial score (nSPS) is 12.7. The number of aromatic amines is 1. The first-order valence-corrected chi connectivity index (χ1v) is 5.06. The van der Waals surface area contributed by atoms with Crippen LogP contribution in [-0.4, -0.2) is 9.97 Å². The molecule has 0 radical (unpaired) electrons. The Kier molecular flexibility index (Phi) is 2.81. The van der Waals surface area contributed by atoms with Gasteiger partial charge in [-0.3, -0.25) is 0 Å². The number of rotatable bonds is 3. The highest BCUT2D eigenvalue weighted by Gasteiger charge is 2.13. The summed E-state index contributed by atoms with van der Waals surface area (Å²) in [6.45, 7) is 2.09. The summed E-state index contributed by atoms with van der Waals surface area (Å²) in [4.78, 5) is 7.33. The van der Waals surface area contributed by atoms with Crippen LogP contribution in [-0.2, 0) is 0 Å². The van der Waals surface area contributed by atoms with E-state index in [0.29, 0.717) is 0 Å². The van der Waals surface area contributed by atoms with Crippen LogP contribution in [0.15, 0.2) is 36.7 Å². The van der Waals surface area contributed by atoms with E-state index in [1.165, 1.54) is 12.1 Å². The summed E-state index contributed by atoms with van der Waals surface area (Å²) in [5, 5.41) is 0. The third kappa shape index (κ3) is 2.06. The standard InChI is InChI=1S/C12H13FN2/c1-2-11(12-14-7-8-15-12)9-3-5-10(13)6-4-9/h3-8,11H,2H2,1H3,(H,14,15). The van der Waals surface area contributed by atoms with Crippen LogP contribution in [0.5, 0.6) is 0 Å². The van der Waals surface area contributed by atoms with Gasteiger partial charge in [-0.2, -0.15) is 0 Å². The van der Waals surface area contributed by atoms with Gasteiger partial charge in [0.25, 0.3) is 0 Å². The Morgan fingerprint density at radius 2 is 2.07 bits per heavy atom. The predicted molar refractivity (Wildman–Crippen MR) is 57.1 cm³/mol. The van der Waals surface area contributed by atoms with Crippen LogP contribution in [0.2, 0.25) is 0 Å². The summed E-state index contributed by atoms with van der Waals surface area (Å²) in [6.07, 6.45) is 4.49. The molecule has 0 aliphatic carbocycles. The van der Waals surface area contributed by atoms with Crippen molar-refractivity contribution in [3.8, 4) is 0 Å². The minimum atomic E-state index is -0.201. The highest BCUT2D eigenvalue weighted by atomic mass is 19.1. The van der Waals surface area contributed by atoms with Gasteiger partial charge in [-0.05, 0) is 24.1 Å². The molecule has 78 valence electrons. The van der Waals surface area contributed by atoms with Gasteiger partial charge in [-0.25, -0.2) is 9.37 Å². The van der Waals surface area contributed by atoms with Gasteiger partial charge in [0.2, 0.25) is 0 Å². The van der Waals surface area contributed by atoms with E-state index in [0.717, 1.165) is 17.8 Å². The lowest BCUT2D eigenvalue weighted by atomic mass is 9.96. The molecule has 2 rings (SSSR count). The molecule has 1 aromatic carbocycles. The molecule has 0 saturated carbocycles. The number of nitrogens with zero attached hydrogens (tertiary/aromatic N) is 1. The summed E-state index contributed by atoms with van der Waals surface area (Å²) in [7, 11) is 0. The van der Waals surface area contributed by atoms with Gasteiger partial charge >= 0.3 is 0 Å². The van der Waals surface area contributed by atoms with E-state index in [-0.39, 0.29) is 11.7 Å². The molecule has 1 atom stereocenters. The van der Waals surface area contributed by atoms with Crippen molar-refractivity contribution in [2.45, 2.75) is 19.3 Å². The van der Waals surface area contributed by atoms with E-state index < -0.39 is 0 Å². The smallest absolute Gasteiger partial charge is 0.123 e. The number of hydrogen-bond donors (Lipinski definition) is 1. The van der Waals surface area contributed by atoms with Gasteiger partial charge in [0, 0.05) is 18.3 Å². The summed E-state index contributed by atoms with van der Waals surface area (Å²) in [5.74, 6) is 0.956. The molecule has 0 spiro atoms. The fraction of sp³-hybridized carbons (Fsp3) is 0.250. The molecule has 0 saturated heterocycles. The number of nitrogens with one attached hydrogen (secondary N) is 1. The van der Waals surface area contributed by atoms with Gasteiger partial charge in [-0.1, -0.05) is 19.1 Å². The topological polar surface area (TPSA) is 28.7 Å². The summed E-state index contributed by atoms with van der Waals surface area (Å²) in [5.41, 5.74) is 1.09. The second-order valence-electron chi connectivity index (χ2n) is 3.49. The second-order valence-corrected chi connectivity index (χ2v) is 3.49. The molecule has 0 fully saturated rings. The Balaban J connectivity index is 2.31. The van der Waals surface area contributed by atoms with Crippen molar-refractivity contribution in [1.82, 2.24) is 9.97 Å². The Morgan fingerprint density at radius 3 is 2.60 bits per heavy atom. The minimum absolute atomic E-state index is 0.201. The van der Waals surface area contributed by atoms with E-state index in [9.17, 15) is 4.39 Å². The quantitative estimate of drug-likeness (QED) is 0.817. The van der Waals surface area contributed by atoms with Gasteiger partial charge < -0.3 is 4.98 Å². The summed E-state index contributed by atoms with van der Waals surface area (Å²) < 4.78 is 12.8. The monoisotopic (exact) mass is 204 g/mol. The van der Waals surface area contributed by atoms with Crippen molar-refractivity contribution < 1.29 is 4.39 Å². The van der Waals surface area contributed by atoms with Crippen molar-refractivity contribution >= 4 is 0 Å². The van der Waals surface area contributed by atoms with Crippen molar-refractivity contribution in [2.24, 2.45) is 0 Å².